The van der Waals surface area contributed by atoms with Gasteiger partial charge in [0.1, 0.15) is 5.65 Å². The van der Waals surface area contributed by atoms with Crippen molar-refractivity contribution in [2.45, 2.75) is 32.4 Å². The van der Waals surface area contributed by atoms with Crippen LogP contribution in [0.5, 0.6) is 0 Å². The van der Waals surface area contributed by atoms with Crippen molar-refractivity contribution in [2.75, 3.05) is 31.1 Å². The summed E-state index contributed by atoms with van der Waals surface area (Å²) in [5.41, 5.74) is 3.37. The molecule has 24 heavy (non-hydrogen) atoms. The quantitative estimate of drug-likeness (QED) is 0.856. The summed E-state index contributed by atoms with van der Waals surface area (Å²) in [4.78, 5) is 21.8. The third-order valence-corrected chi connectivity index (χ3v) is 6.01. The third kappa shape index (κ3) is 3.05. The van der Waals surface area contributed by atoms with Crippen LogP contribution in [0, 0.1) is 6.92 Å². The molecule has 2 aliphatic heterocycles. The van der Waals surface area contributed by atoms with E-state index >= 15 is 0 Å². The number of carbonyl (C=O) groups excluding carboxylic acids is 1. The predicted molar refractivity (Wildman–Crippen MR) is 97.3 cm³/mol. The summed E-state index contributed by atoms with van der Waals surface area (Å²) in [6, 6.07) is 4.18. The molecule has 0 radical (unpaired) electrons. The molecule has 0 spiro atoms. The van der Waals surface area contributed by atoms with E-state index in [1.807, 2.05) is 18.0 Å². The van der Waals surface area contributed by atoms with Crippen LogP contribution in [0.4, 0.5) is 0 Å². The molecule has 2 aliphatic rings. The van der Waals surface area contributed by atoms with E-state index in [4.69, 9.17) is 0 Å². The minimum Gasteiger partial charge on any atom is -0.340 e. The second kappa shape index (κ2) is 6.76. The summed E-state index contributed by atoms with van der Waals surface area (Å²) in [7, 11) is 0. The molecule has 2 fully saturated rings. The Kier molecular flexibility index (Phi) is 4.50. The molecule has 1 amide bonds. The van der Waals surface area contributed by atoms with E-state index in [9.17, 15) is 4.79 Å². The fraction of sp³-hybridized carbons (Fsp3) is 0.556. The Labute approximate surface area is 147 Å². The third-order valence-electron chi connectivity index (χ3n) is 5.07. The Balaban J connectivity index is 1.52. The lowest BCUT2D eigenvalue weighted by molar-refractivity contribution is -0.135. The monoisotopic (exact) mass is 344 g/mol. The lowest BCUT2D eigenvalue weighted by atomic mass is 10.2. The van der Waals surface area contributed by atoms with Gasteiger partial charge in [0.05, 0.1) is 17.9 Å². The molecule has 128 valence electrons. The van der Waals surface area contributed by atoms with Gasteiger partial charge in [-0.2, -0.15) is 11.8 Å². The SMILES string of the molecule is Cc1ccc2ncc(CN3CCC[C@H]3C(=O)N3CCSCC3)n2c1. The average molecular weight is 344 g/mol. The lowest BCUT2D eigenvalue weighted by Gasteiger charge is -2.32. The Bertz CT molecular complexity index is 738. The standard InChI is InChI=1S/C18H24N4OS/c1-14-4-5-17-19-11-15(22(17)12-14)13-21-6-2-3-16(21)18(23)20-7-9-24-10-8-20/h4-5,11-12,16H,2-3,6-10,13H2,1H3/t16-/m0/s1. The minimum absolute atomic E-state index is 0.0449. The maximum atomic E-state index is 12.9. The molecule has 4 heterocycles. The largest absolute Gasteiger partial charge is 0.340 e. The van der Waals surface area contributed by atoms with E-state index in [0.717, 1.165) is 56.2 Å². The van der Waals surface area contributed by atoms with Crippen LogP contribution in [0.3, 0.4) is 0 Å². The first kappa shape index (κ1) is 16.0. The van der Waals surface area contributed by atoms with Gasteiger partial charge in [-0.25, -0.2) is 4.98 Å². The minimum atomic E-state index is 0.0449. The fourth-order valence-electron chi connectivity index (χ4n) is 3.75. The van der Waals surface area contributed by atoms with Gasteiger partial charge in [0.25, 0.3) is 0 Å². The van der Waals surface area contributed by atoms with Crippen molar-refractivity contribution >= 4 is 23.3 Å². The van der Waals surface area contributed by atoms with E-state index in [0.29, 0.717) is 5.91 Å². The van der Waals surface area contributed by atoms with Crippen molar-refractivity contribution in [1.82, 2.24) is 19.2 Å². The maximum Gasteiger partial charge on any atom is 0.239 e. The van der Waals surface area contributed by atoms with Crippen molar-refractivity contribution in [3.05, 3.63) is 35.8 Å². The highest BCUT2D eigenvalue weighted by molar-refractivity contribution is 7.99. The normalized spacial score (nSPS) is 22.4. The van der Waals surface area contributed by atoms with Gasteiger partial charge in [-0.3, -0.25) is 9.69 Å². The summed E-state index contributed by atoms with van der Waals surface area (Å²) in [5.74, 6) is 2.48. The number of pyridine rings is 1. The van der Waals surface area contributed by atoms with E-state index in [-0.39, 0.29) is 6.04 Å². The Morgan fingerprint density at radius 2 is 2.12 bits per heavy atom. The van der Waals surface area contributed by atoms with E-state index in [2.05, 4.69) is 44.4 Å². The zero-order valence-electron chi connectivity index (χ0n) is 14.1. The van der Waals surface area contributed by atoms with Crippen LogP contribution < -0.4 is 0 Å². The van der Waals surface area contributed by atoms with Crippen LogP contribution >= 0.6 is 11.8 Å². The zero-order valence-corrected chi connectivity index (χ0v) is 15.0. The second-order valence-corrected chi connectivity index (χ2v) is 7.98. The van der Waals surface area contributed by atoms with E-state index < -0.39 is 0 Å². The zero-order chi connectivity index (χ0) is 16.5. The molecule has 1 atom stereocenters. The Morgan fingerprint density at radius 3 is 2.96 bits per heavy atom. The first-order valence-electron chi connectivity index (χ1n) is 8.75. The van der Waals surface area contributed by atoms with Crippen molar-refractivity contribution in [3.8, 4) is 0 Å². The summed E-state index contributed by atoms with van der Waals surface area (Å²) in [6.07, 6.45) is 6.17. The van der Waals surface area contributed by atoms with E-state index in [1.165, 1.54) is 11.3 Å². The molecular formula is C18H24N4OS. The van der Waals surface area contributed by atoms with Gasteiger partial charge >= 0.3 is 0 Å². The average Bonchev–Trinajstić information content (AvgIpc) is 3.23. The summed E-state index contributed by atoms with van der Waals surface area (Å²) < 4.78 is 2.16. The van der Waals surface area contributed by atoms with Crippen LogP contribution in [0.25, 0.3) is 5.65 Å². The highest BCUT2D eigenvalue weighted by Gasteiger charge is 2.34. The molecule has 5 nitrogen and oxygen atoms in total. The number of aromatic nitrogens is 2. The van der Waals surface area contributed by atoms with Crippen molar-refractivity contribution in [2.24, 2.45) is 0 Å². The fourth-order valence-corrected chi connectivity index (χ4v) is 4.65. The van der Waals surface area contributed by atoms with Gasteiger partial charge in [-0.15, -0.1) is 0 Å². The van der Waals surface area contributed by atoms with Gasteiger partial charge < -0.3 is 9.30 Å². The number of likely N-dealkylation sites (tertiary alicyclic amines) is 1. The molecule has 0 unspecified atom stereocenters. The molecule has 0 aromatic carbocycles. The first-order valence-corrected chi connectivity index (χ1v) is 9.91. The maximum absolute atomic E-state index is 12.9. The van der Waals surface area contributed by atoms with Crippen LogP contribution in [-0.4, -0.2) is 62.3 Å². The summed E-state index contributed by atoms with van der Waals surface area (Å²) in [6.45, 7) is 5.70. The molecule has 0 N–H and O–H groups in total. The highest BCUT2D eigenvalue weighted by atomic mass is 32.2. The number of rotatable bonds is 3. The van der Waals surface area contributed by atoms with Gasteiger partial charge in [0, 0.05) is 37.3 Å². The van der Waals surface area contributed by atoms with Crippen LogP contribution in [-0.2, 0) is 11.3 Å². The molecule has 0 aliphatic carbocycles. The Morgan fingerprint density at radius 1 is 1.29 bits per heavy atom. The van der Waals surface area contributed by atoms with Crippen LogP contribution in [0.2, 0.25) is 0 Å². The van der Waals surface area contributed by atoms with Gasteiger partial charge in [0.15, 0.2) is 0 Å². The van der Waals surface area contributed by atoms with Gasteiger partial charge in [-0.05, 0) is 37.9 Å². The number of imidazole rings is 1. The topological polar surface area (TPSA) is 40.9 Å². The van der Waals surface area contributed by atoms with Gasteiger partial charge in [-0.1, -0.05) is 6.07 Å². The second-order valence-electron chi connectivity index (χ2n) is 6.75. The number of carbonyl (C=O) groups is 1. The smallest absolute Gasteiger partial charge is 0.239 e. The lowest BCUT2D eigenvalue weighted by Crippen LogP contribution is -2.48. The van der Waals surface area contributed by atoms with Gasteiger partial charge in [0.2, 0.25) is 5.91 Å². The van der Waals surface area contributed by atoms with Crippen molar-refractivity contribution in [3.63, 3.8) is 0 Å². The van der Waals surface area contributed by atoms with Crippen LogP contribution in [0.15, 0.2) is 24.5 Å². The van der Waals surface area contributed by atoms with E-state index in [1.54, 1.807) is 0 Å². The highest BCUT2D eigenvalue weighted by Crippen LogP contribution is 2.23. The molecule has 2 aromatic heterocycles. The molecule has 0 bridgehead atoms. The summed E-state index contributed by atoms with van der Waals surface area (Å²) in [5, 5.41) is 0. The number of amides is 1. The van der Waals surface area contributed by atoms with Crippen LogP contribution in [0.1, 0.15) is 24.1 Å². The number of hydrogen-bond acceptors (Lipinski definition) is 4. The number of aryl methyl sites for hydroxylation is 1. The number of fused-ring (bicyclic) bond motifs is 1. The molecule has 2 aromatic rings. The number of hydrogen-bond donors (Lipinski definition) is 0. The number of nitrogens with zero attached hydrogens (tertiary/aromatic N) is 4. The molecular weight excluding hydrogens is 320 g/mol. The number of thioether (sulfide) groups is 1. The first-order chi connectivity index (χ1) is 11.7. The Hall–Kier alpha value is -1.53. The molecule has 0 saturated carbocycles. The van der Waals surface area contributed by atoms with Crippen molar-refractivity contribution < 1.29 is 4.79 Å². The van der Waals surface area contributed by atoms with Crippen molar-refractivity contribution in [1.29, 1.82) is 0 Å². The summed E-state index contributed by atoms with van der Waals surface area (Å²) >= 11 is 1.95. The molecule has 2 saturated heterocycles. The predicted octanol–water partition coefficient (Wildman–Crippen LogP) is 2.18. The molecule has 6 heteroatoms. The molecule has 4 rings (SSSR count).